The van der Waals surface area contributed by atoms with Gasteiger partial charge in [-0.05, 0) is 56.7 Å². The van der Waals surface area contributed by atoms with E-state index in [1.165, 1.54) is 24.7 Å². The second-order valence-corrected chi connectivity index (χ2v) is 8.34. The second kappa shape index (κ2) is 8.33. The normalized spacial score (nSPS) is 16.2. The van der Waals surface area contributed by atoms with Crippen molar-refractivity contribution in [3.8, 4) is 0 Å². The van der Waals surface area contributed by atoms with Gasteiger partial charge in [-0.15, -0.1) is 0 Å². The quantitative estimate of drug-likeness (QED) is 0.773. The van der Waals surface area contributed by atoms with Crippen molar-refractivity contribution in [3.63, 3.8) is 0 Å². The van der Waals surface area contributed by atoms with Gasteiger partial charge in [0, 0.05) is 12.8 Å². The van der Waals surface area contributed by atoms with Gasteiger partial charge in [0.15, 0.2) is 9.84 Å². The van der Waals surface area contributed by atoms with Gasteiger partial charge in [0.2, 0.25) is 0 Å². The Hall–Kier alpha value is -1.82. The highest BCUT2D eigenvalue weighted by Gasteiger charge is 2.12. The summed E-state index contributed by atoms with van der Waals surface area (Å²) in [4.78, 5) is 12.2. The standard InChI is InChI=1S/C18H26N2O3S/c1-14(16-8-10-17(11-9-16)24(2,22)23)20-18(21)19-13-12-15-6-4-3-5-7-15/h6,8-11,14H,3-5,7,12-13H2,1-2H3,(H2,19,20,21). The number of carbonyl (C=O) groups excluding carboxylic acids is 1. The molecule has 0 heterocycles. The summed E-state index contributed by atoms with van der Waals surface area (Å²) in [7, 11) is -3.20. The Kier molecular flexibility index (Phi) is 6.43. The average molecular weight is 350 g/mol. The Morgan fingerprint density at radius 2 is 1.92 bits per heavy atom. The summed E-state index contributed by atoms with van der Waals surface area (Å²) < 4.78 is 22.9. The first-order valence-electron chi connectivity index (χ1n) is 8.38. The minimum Gasteiger partial charge on any atom is -0.338 e. The molecule has 0 bridgehead atoms. The first-order chi connectivity index (χ1) is 11.4. The molecule has 1 aliphatic rings. The number of urea groups is 1. The van der Waals surface area contributed by atoms with Gasteiger partial charge in [0.25, 0.3) is 0 Å². The number of sulfone groups is 1. The van der Waals surface area contributed by atoms with Crippen LogP contribution in [0.3, 0.4) is 0 Å². The molecule has 2 rings (SSSR count). The van der Waals surface area contributed by atoms with Crippen LogP contribution < -0.4 is 10.6 Å². The average Bonchev–Trinajstić information content (AvgIpc) is 2.55. The second-order valence-electron chi connectivity index (χ2n) is 6.32. The maximum Gasteiger partial charge on any atom is 0.315 e. The summed E-state index contributed by atoms with van der Waals surface area (Å²) in [6.07, 6.45) is 9.19. The molecule has 0 aliphatic heterocycles. The molecule has 132 valence electrons. The third kappa shape index (κ3) is 5.67. The highest BCUT2D eigenvalue weighted by molar-refractivity contribution is 7.90. The number of amides is 2. The van der Waals surface area contributed by atoms with Crippen LogP contribution in [0.5, 0.6) is 0 Å². The molecule has 2 N–H and O–H groups in total. The lowest BCUT2D eigenvalue weighted by Crippen LogP contribution is -2.37. The summed E-state index contributed by atoms with van der Waals surface area (Å²) in [5.74, 6) is 0. The smallest absolute Gasteiger partial charge is 0.315 e. The van der Waals surface area contributed by atoms with E-state index in [1.807, 2.05) is 6.92 Å². The van der Waals surface area contributed by atoms with Crippen molar-refractivity contribution in [2.75, 3.05) is 12.8 Å². The molecule has 0 aromatic heterocycles. The van der Waals surface area contributed by atoms with Crippen molar-refractivity contribution >= 4 is 15.9 Å². The first-order valence-corrected chi connectivity index (χ1v) is 10.3. The molecular weight excluding hydrogens is 324 g/mol. The number of hydrogen-bond acceptors (Lipinski definition) is 3. The molecule has 5 nitrogen and oxygen atoms in total. The Balaban J connectivity index is 1.79. The van der Waals surface area contributed by atoms with Gasteiger partial charge in [-0.2, -0.15) is 0 Å². The van der Waals surface area contributed by atoms with Crippen LogP contribution in [0.4, 0.5) is 4.79 Å². The van der Waals surface area contributed by atoms with Crippen LogP contribution >= 0.6 is 0 Å². The molecule has 1 unspecified atom stereocenters. The number of allylic oxidation sites excluding steroid dienone is 1. The molecule has 2 amide bonds. The van der Waals surface area contributed by atoms with Gasteiger partial charge in [-0.3, -0.25) is 0 Å². The van der Waals surface area contributed by atoms with Crippen LogP contribution in [0.2, 0.25) is 0 Å². The van der Waals surface area contributed by atoms with Gasteiger partial charge >= 0.3 is 6.03 Å². The highest BCUT2D eigenvalue weighted by atomic mass is 32.2. The topological polar surface area (TPSA) is 75.3 Å². The van der Waals surface area contributed by atoms with E-state index in [1.54, 1.807) is 24.3 Å². The molecule has 24 heavy (non-hydrogen) atoms. The van der Waals surface area contributed by atoms with Gasteiger partial charge in [0.05, 0.1) is 10.9 Å². The molecule has 6 heteroatoms. The SMILES string of the molecule is CC(NC(=O)NCCC1=CCCCC1)c1ccc(S(C)(=O)=O)cc1. The molecular formula is C18H26N2O3S. The van der Waals surface area contributed by atoms with Gasteiger partial charge in [0.1, 0.15) is 0 Å². The summed E-state index contributed by atoms with van der Waals surface area (Å²) in [5.41, 5.74) is 2.30. The predicted molar refractivity (Wildman–Crippen MR) is 95.7 cm³/mol. The fraction of sp³-hybridized carbons (Fsp3) is 0.500. The van der Waals surface area contributed by atoms with E-state index < -0.39 is 9.84 Å². The summed E-state index contributed by atoms with van der Waals surface area (Å²) in [5, 5.41) is 5.75. The van der Waals surface area contributed by atoms with E-state index in [2.05, 4.69) is 16.7 Å². The Bertz CT molecular complexity index is 693. The van der Waals surface area contributed by atoms with Crippen molar-refractivity contribution in [2.45, 2.75) is 50.0 Å². The Morgan fingerprint density at radius 1 is 1.21 bits per heavy atom. The van der Waals surface area contributed by atoms with Gasteiger partial charge in [-0.1, -0.05) is 23.8 Å². The fourth-order valence-corrected chi connectivity index (χ4v) is 3.43. The zero-order valence-electron chi connectivity index (χ0n) is 14.3. The van der Waals surface area contributed by atoms with E-state index >= 15 is 0 Å². The van der Waals surface area contributed by atoms with Crippen molar-refractivity contribution in [2.24, 2.45) is 0 Å². The maximum absolute atomic E-state index is 12.0. The fourth-order valence-electron chi connectivity index (χ4n) is 2.80. The lowest BCUT2D eigenvalue weighted by molar-refractivity contribution is 0.238. The number of rotatable bonds is 6. The molecule has 0 saturated heterocycles. The molecule has 0 spiro atoms. The van der Waals surface area contributed by atoms with Crippen molar-refractivity contribution in [3.05, 3.63) is 41.5 Å². The van der Waals surface area contributed by atoms with Crippen LogP contribution in [-0.2, 0) is 9.84 Å². The summed E-state index contributed by atoms with van der Waals surface area (Å²) in [6.45, 7) is 2.51. The number of benzene rings is 1. The van der Waals surface area contributed by atoms with Gasteiger partial charge < -0.3 is 10.6 Å². The van der Waals surface area contributed by atoms with Crippen LogP contribution in [0.15, 0.2) is 40.8 Å². The third-order valence-electron chi connectivity index (χ3n) is 4.27. The van der Waals surface area contributed by atoms with Crippen LogP contribution in [0.1, 0.15) is 50.6 Å². The van der Waals surface area contributed by atoms with Gasteiger partial charge in [-0.25, -0.2) is 13.2 Å². The maximum atomic E-state index is 12.0. The minimum atomic E-state index is -3.20. The number of nitrogens with one attached hydrogen (secondary N) is 2. The van der Waals surface area contributed by atoms with Crippen molar-refractivity contribution in [1.29, 1.82) is 0 Å². The Labute approximate surface area is 144 Å². The number of carbonyl (C=O) groups is 1. The van der Waals surface area contributed by atoms with Crippen LogP contribution in [0.25, 0.3) is 0 Å². The summed E-state index contributed by atoms with van der Waals surface area (Å²) in [6, 6.07) is 6.20. The largest absolute Gasteiger partial charge is 0.338 e. The molecule has 1 aromatic carbocycles. The molecule has 1 atom stereocenters. The lowest BCUT2D eigenvalue weighted by atomic mass is 9.97. The van der Waals surface area contributed by atoms with E-state index in [4.69, 9.17) is 0 Å². The molecule has 0 saturated carbocycles. The molecule has 0 radical (unpaired) electrons. The molecule has 1 aliphatic carbocycles. The van der Waals surface area contributed by atoms with Crippen LogP contribution in [-0.4, -0.2) is 27.2 Å². The molecule has 1 aromatic rings. The van der Waals surface area contributed by atoms with Crippen molar-refractivity contribution in [1.82, 2.24) is 10.6 Å². The minimum absolute atomic E-state index is 0.187. The first kappa shape index (κ1) is 18.5. The molecule has 0 fully saturated rings. The van der Waals surface area contributed by atoms with E-state index in [0.29, 0.717) is 6.54 Å². The van der Waals surface area contributed by atoms with E-state index in [-0.39, 0.29) is 17.0 Å². The van der Waals surface area contributed by atoms with Crippen molar-refractivity contribution < 1.29 is 13.2 Å². The predicted octanol–water partition coefficient (Wildman–Crippen LogP) is 3.34. The monoisotopic (exact) mass is 350 g/mol. The van der Waals surface area contributed by atoms with E-state index in [0.717, 1.165) is 24.8 Å². The summed E-state index contributed by atoms with van der Waals surface area (Å²) >= 11 is 0. The van der Waals surface area contributed by atoms with E-state index in [9.17, 15) is 13.2 Å². The number of hydrogen-bond donors (Lipinski definition) is 2. The van der Waals surface area contributed by atoms with Crippen LogP contribution in [0, 0.1) is 0 Å². The zero-order valence-corrected chi connectivity index (χ0v) is 15.2. The Morgan fingerprint density at radius 3 is 2.50 bits per heavy atom. The third-order valence-corrected chi connectivity index (χ3v) is 5.40. The zero-order chi connectivity index (χ0) is 17.6. The highest BCUT2D eigenvalue weighted by Crippen LogP contribution is 2.19. The lowest BCUT2D eigenvalue weighted by Gasteiger charge is -2.16.